The molecule has 0 aromatic carbocycles. The molecule has 1 aliphatic heterocycles. The van der Waals surface area contributed by atoms with Crippen LogP contribution in [0, 0.1) is 0 Å². The first kappa shape index (κ1) is 12.6. The number of nitrogens with zero attached hydrogens (tertiary/aromatic N) is 2. The minimum atomic E-state index is 0.0999. The highest BCUT2D eigenvalue weighted by molar-refractivity contribution is 5.20. The van der Waals surface area contributed by atoms with Gasteiger partial charge in [0.15, 0.2) is 0 Å². The molecule has 1 aliphatic rings. The van der Waals surface area contributed by atoms with Gasteiger partial charge in [0.1, 0.15) is 0 Å². The second kappa shape index (κ2) is 5.65. The number of hydrogen-bond acceptors (Lipinski definition) is 3. The van der Waals surface area contributed by atoms with Crippen LogP contribution in [0.15, 0.2) is 6.20 Å². The molecule has 2 rings (SSSR count). The summed E-state index contributed by atoms with van der Waals surface area (Å²) in [4.78, 5) is 0. The van der Waals surface area contributed by atoms with Crippen molar-refractivity contribution in [3.8, 4) is 0 Å². The second-order valence-corrected chi connectivity index (χ2v) is 4.88. The Morgan fingerprint density at radius 3 is 3.12 bits per heavy atom. The van der Waals surface area contributed by atoms with E-state index in [0.717, 1.165) is 31.6 Å². The molecule has 0 radical (unpaired) electrons. The molecule has 96 valence electrons. The van der Waals surface area contributed by atoms with Crippen molar-refractivity contribution in [1.82, 2.24) is 9.78 Å². The first-order valence-corrected chi connectivity index (χ1v) is 6.60. The Morgan fingerprint density at radius 1 is 1.65 bits per heavy atom. The van der Waals surface area contributed by atoms with Crippen LogP contribution >= 0.6 is 0 Å². The first-order chi connectivity index (χ1) is 8.20. The molecule has 0 amide bonds. The van der Waals surface area contributed by atoms with Gasteiger partial charge in [-0.3, -0.25) is 4.68 Å². The third kappa shape index (κ3) is 3.07. The van der Waals surface area contributed by atoms with E-state index in [1.54, 1.807) is 0 Å². The average molecular weight is 237 g/mol. The molecular formula is C13H23N3O. The van der Waals surface area contributed by atoms with Gasteiger partial charge in [-0.15, -0.1) is 0 Å². The standard InChI is InChI=1S/C13H23N3O/c1-3-13-11(9-16(2)15-13)12(14)7-6-10-5-4-8-17-10/h9-10,12H,3-8,14H2,1-2H3. The van der Waals surface area contributed by atoms with Gasteiger partial charge >= 0.3 is 0 Å². The Kier molecular flexibility index (Phi) is 4.18. The van der Waals surface area contributed by atoms with Gasteiger partial charge in [-0.2, -0.15) is 5.10 Å². The maximum Gasteiger partial charge on any atom is 0.0669 e. The monoisotopic (exact) mass is 237 g/mol. The van der Waals surface area contributed by atoms with Gasteiger partial charge in [0.25, 0.3) is 0 Å². The third-order valence-electron chi connectivity index (χ3n) is 3.50. The van der Waals surface area contributed by atoms with Crippen LogP contribution in [0.3, 0.4) is 0 Å². The van der Waals surface area contributed by atoms with Crippen LogP contribution in [0.4, 0.5) is 0 Å². The summed E-state index contributed by atoms with van der Waals surface area (Å²) in [5.74, 6) is 0. The normalized spacial score (nSPS) is 21.9. The molecule has 4 heteroatoms. The molecule has 1 saturated heterocycles. The van der Waals surface area contributed by atoms with Gasteiger partial charge in [0.05, 0.1) is 11.8 Å². The van der Waals surface area contributed by atoms with Crippen LogP contribution in [-0.4, -0.2) is 22.5 Å². The van der Waals surface area contributed by atoms with Gasteiger partial charge in [-0.1, -0.05) is 6.92 Å². The van der Waals surface area contributed by atoms with Crippen molar-refractivity contribution < 1.29 is 4.74 Å². The van der Waals surface area contributed by atoms with E-state index in [1.807, 2.05) is 11.7 Å². The van der Waals surface area contributed by atoms with E-state index in [2.05, 4.69) is 18.2 Å². The Hall–Kier alpha value is -0.870. The highest BCUT2D eigenvalue weighted by atomic mass is 16.5. The van der Waals surface area contributed by atoms with Crippen LogP contribution in [0.1, 0.15) is 49.9 Å². The predicted octanol–water partition coefficient (Wildman–Crippen LogP) is 1.94. The lowest BCUT2D eigenvalue weighted by atomic mass is 10.00. The molecule has 1 aromatic heterocycles. The molecule has 2 atom stereocenters. The molecular weight excluding hydrogens is 214 g/mol. The lowest BCUT2D eigenvalue weighted by Gasteiger charge is -2.14. The highest BCUT2D eigenvalue weighted by Gasteiger charge is 2.19. The number of rotatable bonds is 5. The van der Waals surface area contributed by atoms with E-state index in [-0.39, 0.29) is 6.04 Å². The Labute approximate surface area is 103 Å². The van der Waals surface area contributed by atoms with Crippen LogP contribution in [0.25, 0.3) is 0 Å². The molecule has 2 N–H and O–H groups in total. The zero-order valence-electron chi connectivity index (χ0n) is 10.9. The molecule has 0 bridgehead atoms. The van der Waals surface area contributed by atoms with Gasteiger partial charge < -0.3 is 10.5 Å². The maximum atomic E-state index is 6.25. The Bertz CT molecular complexity index is 356. The van der Waals surface area contributed by atoms with E-state index in [1.165, 1.54) is 18.4 Å². The first-order valence-electron chi connectivity index (χ1n) is 6.60. The summed E-state index contributed by atoms with van der Waals surface area (Å²) in [6.45, 7) is 3.05. The van der Waals surface area contributed by atoms with E-state index in [9.17, 15) is 0 Å². The van der Waals surface area contributed by atoms with Crippen LogP contribution in [0.5, 0.6) is 0 Å². The number of hydrogen-bond donors (Lipinski definition) is 1. The van der Waals surface area contributed by atoms with Gasteiger partial charge in [0.2, 0.25) is 0 Å². The summed E-state index contributed by atoms with van der Waals surface area (Å²) in [6, 6.07) is 0.0999. The van der Waals surface area contributed by atoms with E-state index < -0.39 is 0 Å². The van der Waals surface area contributed by atoms with E-state index in [0.29, 0.717) is 6.10 Å². The Balaban J connectivity index is 1.91. The van der Waals surface area contributed by atoms with Gasteiger partial charge in [-0.05, 0) is 32.1 Å². The lowest BCUT2D eigenvalue weighted by molar-refractivity contribution is 0.101. The smallest absolute Gasteiger partial charge is 0.0669 e. The van der Waals surface area contributed by atoms with E-state index in [4.69, 9.17) is 10.5 Å². The van der Waals surface area contributed by atoms with Crippen molar-refractivity contribution in [2.24, 2.45) is 12.8 Å². The molecule has 1 fully saturated rings. The lowest BCUT2D eigenvalue weighted by Crippen LogP contribution is -2.15. The topological polar surface area (TPSA) is 53.1 Å². The van der Waals surface area contributed by atoms with Crippen molar-refractivity contribution in [1.29, 1.82) is 0 Å². The average Bonchev–Trinajstić information content (AvgIpc) is 2.94. The third-order valence-corrected chi connectivity index (χ3v) is 3.50. The molecule has 4 nitrogen and oxygen atoms in total. The van der Waals surface area contributed by atoms with Crippen molar-refractivity contribution in [2.75, 3.05) is 6.61 Å². The quantitative estimate of drug-likeness (QED) is 0.851. The number of ether oxygens (including phenoxy) is 1. The summed E-state index contributed by atoms with van der Waals surface area (Å²) in [7, 11) is 1.95. The number of aryl methyl sites for hydroxylation is 2. The second-order valence-electron chi connectivity index (χ2n) is 4.88. The fourth-order valence-corrected chi connectivity index (χ4v) is 2.53. The minimum absolute atomic E-state index is 0.0999. The van der Waals surface area contributed by atoms with Crippen LogP contribution < -0.4 is 5.73 Å². The molecule has 0 saturated carbocycles. The van der Waals surface area contributed by atoms with Crippen LogP contribution in [0.2, 0.25) is 0 Å². The van der Waals surface area contributed by atoms with Crippen molar-refractivity contribution >= 4 is 0 Å². The zero-order valence-corrected chi connectivity index (χ0v) is 10.9. The summed E-state index contributed by atoms with van der Waals surface area (Å²) in [5.41, 5.74) is 8.59. The van der Waals surface area contributed by atoms with Crippen molar-refractivity contribution in [2.45, 2.75) is 51.2 Å². The molecule has 2 heterocycles. The fraction of sp³-hybridized carbons (Fsp3) is 0.769. The largest absolute Gasteiger partial charge is 0.378 e. The molecule has 0 aliphatic carbocycles. The fourth-order valence-electron chi connectivity index (χ4n) is 2.53. The summed E-state index contributed by atoms with van der Waals surface area (Å²) < 4.78 is 7.49. The summed E-state index contributed by atoms with van der Waals surface area (Å²) in [6.07, 6.45) is 7.89. The molecule has 2 unspecified atom stereocenters. The molecule has 17 heavy (non-hydrogen) atoms. The van der Waals surface area contributed by atoms with Gasteiger partial charge in [-0.25, -0.2) is 0 Å². The molecule has 0 spiro atoms. The van der Waals surface area contributed by atoms with Crippen molar-refractivity contribution in [3.05, 3.63) is 17.5 Å². The number of aromatic nitrogens is 2. The predicted molar refractivity (Wildman–Crippen MR) is 67.7 cm³/mol. The maximum absolute atomic E-state index is 6.25. The Morgan fingerprint density at radius 2 is 2.47 bits per heavy atom. The van der Waals surface area contributed by atoms with Gasteiger partial charge in [0, 0.05) is 31.5 Å². The van der Waals surface area contributed by atoms with E-state index >= 15 is 0 Å². The zero-order chi connectivity index (χ0) is 12.3. The summed E-state index contributed by atoms with van der Waals surface area (Å²) in [5, 5.41) is 4.44. The van der Waals surface area contributed by atoms with Crippen LogP contribution in [-0.2, 0) is 18.2 Å². The molecule has 1 aromatic rings. The SMILES string of the molecule is CCc1nn(C)cc1C(N)CCC1CCCO1. The summed E-state index contributed by atoms with van der Waals surface area (Å²) >= 11 is 0. The minimum Gasteiger partial charge on any atom is -0.378 e. The highest BCUT2D eigenvalue weighted by Crippen LogP contribution is 2.24. The van der Waals surface area contributed by atoms with Crippen molar-refractivity contribution in [3.63, 3.8) is 0 Å². The number of nitrogens with two attached hydrogens (primary N) is 1.